The number of benzene rings is 1. The van der Waals surface area contributed by atoms with Crippen molar-refractivity contribution in [3.63, 3.8) is 0 Å². The van der Waals surface area contributed by atoms with Crippen LogP contribution in [0.5, 0.6) is 0 Å². The maximum Gasteiger partial charge on any atom is 0.257 e. The Bertz CT molecular complexity index is 777. The average Bonchev–Trinajstić information content (AvgIpc) is 2.63. The molecule has 7 heteroatoms. The molecule has 0 saturated heterocycles. The molecule has 0 bridgehead atoms. The summed E-state index contributed by atoms with van der Waals surface area (Å²) in [5, 5.41) is 3.97. The minimum atomic E-state index is -0.274. The number of thioether (sulfide) groups is 1. The first-order valence-corrected chi connectivity index (χ1v) is 9.85. The fraction of sp³-hybridized carbons (Fsp3) is 0.316. The lowest BCUT2D eigenvalue weighted by Gasteiger charge is -2.19. The molecule has 0 aliphatic rings. The van der Waals surface area contributed by atoms with Gasteiger partial charge in [0, 0.05) is 25.0 Å². The highest BCUT2D eigenvalue weighted by molar-refractivity contribution is 7.99. The molecule has 26 heavy (non-hydrogen) atoms. The molecule has 0 aliphatic carbocycles. The third kappa shape index (κ3) is 4.99. The predicted molar refractivity (Wildman–Crippen MR) is 107 cm³/mol. The molecule has 2 amide bonds. The second-order valence-electron chi connectivity index (χ2n) is 5.44. The second-order valence-corrected chi connectivity index (χ2v) is 7.14. The Kier molecular flexibility index (Phi) is 7.48. The van der Waals surface area contributed by atoms with E-state index in [9.17, 15) is 9.59 Å². The maximum atomic E-state index is 12.4. The van der Waals surface area contributed by atoms with E-state index >= 15 is 0 Å². The van der Waals surface area contributed by atoms with Crippen LogP contribution in [0.25, 0.3) is 0 Å². The number of carbonyl (C=O) groups excluding carboxylic acids is 2. The Morgan fingerprint density at radius 1 is 1.15 bits per heavy atom. The molecule has 2 rings (SSSR count). The maximum absolute atomic E-state index is 12.4. The van der Waals surface area contributed by atoms with Crippen LogP contribution in [0.3, 0.4) is 0 Å². The van der Waals surface area contributed by atoms with Crippen molar-refractivity contribution >= 4 is 40.9 Å². The smallest absolute Gasteiger partial charge is 0.257 e. The van der Waals surface area contributed by atoms with Crippen LogP contribution in [0.1, 0.15) is 41.5 Å². The van der Waals surface area contributed by atoms with Gasteiger partial charge in [0.25, 0.3) is 11.8 Å². The first-order chi connectivity index (χ1) is 12.5. The molecule has 138 valence electrons. The van der Waals surface area contributed by atoms with Gasteiger partial charge in [-0.15, -0.1) is 11.8 Å². The number of nitrogens with one attached hydrogen (secondary N) is 1. The van der Waals surface area contributed by atoms with Crippen molar-refractivity contribution in [3.8, 4) is 0 Å². The average molecular weight is 392 g/mol. The number of rotatable bonds is 7. The summed E-state index contributed by atoms with van der Waals surface area (Å²) < 4.78 is 0. The van der Waals surface area contributed by atoms with E-state index in [1.165, 1.54) is 0 Å². The number of pyridine rings is 1. The summed E-state index contributed by atoms with van der Waals surface area (Å²) in [5.74, 6) is 0.533. The molecule has 1 aromatic heterocycles. The zero-order valence-corrected chi connectivity index (χ0v) is 16.7. The van der Waals surface area contributed by atoms with Crippen LogP contribution in [0.2, 0.25) is 5.02 Å². The Morgan fingerprint density at radius 2 is 1.88 bits per heavy atom. The SMILES string of the molecule is CCSc1ccc(C(=O)Nc2ccc(C(=O)N(CC)CC)c(Cl)c2)cn1. The van der Waals surface area contributed by atoms with Gasteiger partial charge in [0.1, 0.15) is 0 Å². The van der Waals surface area contributed by atoms with Crippen LogP contribution < -0.4 is 5.32 Å². The number of anilines is 1. The Balaban J connectivity index is 2.11. The molecule has 0 unspecified atom stereocenters. The van der Waals surface area contributed by atoms with Crippen LogP contribution in [-0.4, -0.2) is 40.5 Å². The number of amides is 2. The summed E-state index contributed by atoms with van der Waals surface area (Å²) in [6.07, 6.45) is 1.55. The highest BCUT2D eigenvalue weighted by Crippen LogP contribution is 2.23. The third-order valence-corrected chi connectivity index (χ3v) is 4.94. The fourth-order valence-corrected chi connectivity index (χ4v) is 3.25. The number of hydrogen-bond donors (Lipinski definition) is 1. The minimum absolute atomic E-state index is 0.119. The van der Waals surface area contributed by atoms with E-state index in [0.29, 0.717) is 34.9 Å². The zero-order chi connectivity index (χ0) is 19.1. The van der Waals surface area contributed by atoms with E-state index < -0.39 is 0 Å². The van der Waals surface area contributed by atoms with Crippen molar-refractivity contribution in [1.29, 1.82) is 0 Å². The molecule has 0 spiro atoms. The van der Waals surface area contributed by atoms with Crippen LogP contribution >= 0.6 is 23.4 Å². The van der Waals surface area contributed by atoms with Gasteiger partial charge in [0.05, 0.1) is 21.2 Å². The molecule has 1 aromatic carbocycles. The third-order valence-electron chi connectivity index (χ3n) is 3.80. The molecule has 5 nitrogen and oxygen atoms in total. The number of halogens is 1. The Labute approximate surface area is 163 Å². The molecule has 0 radical (unpaired) electrons. The van der Waals surface area contributed by atoms with E-state index in [1.807, 2.05) is 26.8 Å². The molecule has 0 saturated carbocycles. The quantitative estimate of drug-likeness (QED) is 0.701. The summed E-state index contributed by atoms with van der Waals surface area (Å²) in [7, 11) is 0. The first kappa shape index (κ1) is 20.3. The van der Waals surface area contributed by atoms with Gasteiger partial charge >= 0.3 is 0 Å². The van der Waals surface area contributed by atoms with E-state index in [-0.39, 0.29) is 11.8 Å². The monoisotopic (exact) mass is 391 g/mol. The molecule has 2 aromatic rings. The Hall–Kier alpha value is -2.05. The van der Waals surface area contributed by atoms with Crippen LogP contribution in [0, 0.1) is 0 Å². The largest absolute Gasteiger partial charge is 0.339 e. The van der Waals surface area contributed by atoms with Gasteiger partial charge in [0.2, 0.25) is 0 Å². The van der Waals surface area contributed by atoms with Crippen LogP contribution in [-0.2, 0) is 0 Å². The molecule has 1 N–H and O–H groups in total. The summed E-state index contributed by atoms with van der Waals surface area (Å²) >= 11 is 7.87. The van der Waals surface area contributed by atoms with E-state index in [4.69, 9.17) is 11.6 Å². The van der Waals surface area contributed by atoms with Crippen molar-refractivity contribution in [3.05, 3.63) is 52.7 Å². The summed E-state index contributed by atoms with van der Waals surface area (Å²) in [6, 6.07) is 8.46. The van der Waals surface area contributed by atoms with Crippen molar-refractivity contribution < 1.29 is 9.59 Å². The normalized spacial score (nSPS) is 10.5. The Morgan fingerprint density at radius 3 is 2.42 bits per heavy atom. The van der Waals surface area contributed by atoms with Gasteiger partial charge in [-0.2, -0.15) is 0 Å². The zero-order valence-electron chi connectivity index (χ0n) is 15.1. The molecule has 1 heterocycles. The molecule has 0 atom stereocenters. The molecular formula is C19H22ClN3O2S. The van der Waals surface area contributed by atoms with E-state index in [2.05, 4.69) is 10.3 Å². The van der Waals surface area contributed by atoms with Crippen LogP contribution in [0.4, 0.5) is 5.69 Å². The number of carbonyl (C=O) groups is 2. The summed E-state index contributed by atoms with van der Waals surface area (Å²) in [5.41, 5.74) is 1.42. The predicted octanol–water partition coefficient (Wildman–Crippen LogP) is 4.58. The van der Waals surface area contributed by atoms with Crippen molar-refractivity contribution in [2.45, 2.75) is 25.8 Å². The lowest BCUT2D eigenvalue weighted by Crippen LogP contribution is -2.30. The van der Waals surface area contributed by atoms with Crippen LogP contribution in [0.15, 0.2) is 41.6 Å². The lowest BCUT2D eigenvalue weighted by molar-refractivity contribution is 0.0773. The van der Waals surface area contributed by atoms with Gasteiger partial charge in [0.15, 0.2) is 0 Å². The topological polar surface area (TPSA) is 62.3 Å². The number of aromatic nitrogens is 1. The van der Waals surface area contributed by atoms with Gasteiger partial charge in [-0.1, -0.05) is 18.5 Å². The molecule has 0 fully saturated rings. The lowest BCUT2D eigenvalue weighted by atomic mass is 10.1. The standard InChI is InChI=1S/C19H22ClN3O2S/c1-4-23(5-2)19(25)15-9-8-14(11-16(15)20)22-18(24)13-7-10-17(21-12-13)26-6-3/h7-12H,4-6H2,1-3H3,(H,22,24). The highest BCUT2D eigenvalue weighted by Gasteiger charge is 2.16. The number of hydrogen-bond acceptors (Lipinski definition) is 4. The first-order valence-electron chi connectivity index (χ1n) is 8.49. The summed E-state index contributed by atoms with van der Waals surface area (Å²) in [6.45, 7) is 7.11. The van der Waals surface area contributed by atoms with Crippen molar-refractivity contribution in [2.24, 2.45) is 0 Å². The van der Waals surface area contributed by atoms with Crippen molar-refractivity contribution in [2.75, 3.05) is 24.2 Å². The van der Waals surface area contributed by atoms with Gasteiger partial charge in [-0.05, 0) is 49.9 Å². The fourth-order valence-electron chi connectivity index (χ4n) is 2.40. The van der Waals surface area contributed by atoms with Gasteiger partial charge < -0.3 is 10.2 Å². The van der Waals surface area contributed by atoms with Crippen molar-refractivity contribution in [1.82, 2.24) is 9.88 Å². The van der Waals surface area contributed by atoms with E-state index in [1.54, 1.807) is 47.1 Å². The van der Waals surface area contributed by atoms with Gasteiger partial charge in [-0.25, -0.2) is 4.98 Å². The highest BCUT2D eigenvalue weighted by atomic mass is 35.5. The summed E-state index contributed by atoms with van der Waals surface area (Å²) in [4.78, 5) is 30.7. The van der Waals surface area contributed by atoms with E-state index in [0.717, 1.165) is 10.8 Å². The molecule has 0 aliphatic heterocycles. The van der Waals surface area contributed by atoms with Gasteiger partial charge in [-0.3, -0.25) is 9.59 Å². The molecular weight excluding hydrogens is 370 g/mol. The number of nitrogens with zero attached hydrogens (tertiary/aromatic N) is 2. The minimum Gasteiger partial charge on any atom is -0.339 e. The second kappa shape index (κ2) is 9.59.